The SMILES string of the molecule is CCCC1CCN(C(=O)N[C@H]2CC[C@@H](C(=O)O)C2)C1. The lowest BCUT2D eigenvalue weighted by Crippen LogP contribution is -2.43. The highest BCUT2D eigenvalue weighted by molar-refractivity contribution is 5.75. The number of carbonyl (C=O) groups excluding carboxylic acids is 1. The fourth-order valence-electron chi connectivity index (χ4n) is 3.26. The van der Waals surface area contributed by atoms with E-state index in [2.05, 4.69) is 12.2 Å². The van der Waals surface area contributed by atoms with Gasteiger partial charge in [-0.3, -0.25) is 4.79 Å². The zero-order chi connectivity index (χ0) is 13.8. The van der Waals surface area contributed by atoms with Gasteiger partial charge in [-0.1, -0.05) is 13.3 Å². The van der Waals surface area contributed by atoms with E-state index in [9.17, 15) is 9.59 Å². The largest absolute Gasteiger partial charge is 0.481 e. The lowest BCUT2D eigenvalue weighted by molar-refractivity contribution is -0.141. The summed E-state index contributed by atoms with van der Waals surface area (Å²) in [5, 5.41) is 11.9. The van der Waals surface area contributed by atoms with Crippen LogP contribution in [0, 0.1) is 11.8 Å². The Labute approximate surface area is 114 Å². The van der Waals surface area contributed by atoms with Gasteiger partial charge in [0.2, 0.25) is 0 Å². The summed E-state index contributed by atoms with van der Waals surface area (Å²) >= 11 is 0. The van der Waals surface area contributed by atoms with Gasteiger partial charge in [0.1, 0.15) is 0 Å². The highest BCUT2D eigenvalue weighted by Gasteiger charge is 2.32. The minimum atomic E-state index is -0.735. The molecule has 2 N–H and O–H groups in total. The first-order valence-electron chi connectivity index (χ1n) is 7.38. The third-order valence-electron chi connectivity index (χ3n) is 4.38. The first kappa shape index (κ1) is 14.2. The quantitative estimate of drug-likeness (QED) is 0.820. The van der Waals surface area contributed by atoms with E-state index < -0.39 is 5.97 Å². The molecule has 0 bridgehead atoms. The number of nitrogens with zero attached hydrogens (tertiary/aromatic N) is 1. The molecule has 5 heteroatoms. The van der Waals surface area contributed by atoms with Crippen LogP contribution < -0.4 is 5.32 Å². The minimum absolute atomic E-state index is 0.00496. The Hall–Kier alpha value is -1.26. The van der Waals surface area contributed by atoms with Gasteiger partial charge in [-0.2, -0.15) is 0 Å². The summed E-state index contributed by atoms with van der Waals surface area (Å²) in [5.74, 6) is -0.372. The highest BCUT2D eigenvalue weighted by Crippen LogP contribution is 2.26. The van der Waals surface area contributed by atoms with Crippen LogP contribution in [0.4, 0.5) is 4.79 Å². The molecule has 2 amide bonds. The molecular weight excluding hydrogens is 244 g/mol. The Morgan fingerprint density at radius 2 is 2.11 bits per heavy atom. The maximum Gasteiger partial charge on any atom is 0.317 e. The number of hydrogen-bond donors (Lipinski definition) is 2. The van der Waals surface area contributed by atoms with Crippen molar-refractivity contribution in [3.63, 3.8) is 0 Å². The number of amides is 2. The van der Waals surface area contributed by atoms with Crippen LogP contribution in [0.1, 0.15) is 45.4 Å². The van der Waals surface area contributed by atoms with Crippen LogP contribution in [0.3, 0.4) is 0 Å². The summed E-state index contributed by atoms with van der Waals surface area (Å²) in [7, 11) is 0. The number of nitrogens with one attached hydrogen (secondary N) is 1. The van der Waals surface area contributed by atoms with Gasteiger partial charge in [0.05, 0.1) is 5.92 Å². The third kappa shape index (κ3) is 3.61. The molecule has 0 radical (unpaired) electrons. The Morgan fingerprint density at radius 3 is 2.74 bits per heavy atom. The number of aliphatic carboxylic acids is 1. The van der Waals surface area contributed by atoms with Gasteiger partial charge in [-0.05, 0) is 38.0 Å². The summed E-state index contributed by atoms with van der Waals surface area (Å²) in [6.07, 6.45) is 5.50. The molecule has 1 saturated heterocycles. The monoisotopic (exact) mass is 268 g/mol. The number of hydrogen-bond acceptors (Lipinski definition) is 2. The van der Waals surface area contributed by atoms with Crippen molar-refractivity contribution in [2.75, 3.05) is 13.1 Å². The molecule has 3 atom stereocenters. The first-order chi connectivity index (χ1) is 9.10. The molecule has 1 aliphatic carbocycles. The molecule has 2 fully saturated rings. The highest BCUT2D eigenvalue weighted by atomic mass is 16.4. The van der Waals surface area contributed by atoms with Crippen LogP contribution in [-0.4, -0.2) is 41.1 Å². The molecule has 0 aromatic rings. The number of carboxylic acid groups (broad SMARTS) is 1. The van der Waals surface area contributed by atoms with Crippen molar-refractivity contribution in [3.05, 3.63) is 0 Å². The molecule has 19 heavy (non-hydrogen) atoms. The average Bonchev–Trinajstić information content (AvgIpc) is 2.98. The Kier molecular flexibility index (Phi) is 4.66. The van der Waals surface area contributed by atoms with Crippen molar-refractivity contribution in [1.29, 1.82) is 0 Å². The Balaban J connectivity index is 1.75. The first-order valence-corrected chi connectivity index (χ1v) is 7.38. The molecule has 0 aromatic carbocycles. The maximum atomic E-state index is 12.1. The number of urea groups is 1. The fraction of sp³-hybridized carbons (Fsp3) is 0.857. The molecular formula is C14H24N2O3. The predicted octanol–water partition coefficient (Wildman–Crippen LogP) is 2.07. The molecule has 1 heterocycles. The van der Waals surface area contributed by atoms with Gasteiger partial charge in [0.15, 0.2) is 0 Å². The molecule has 2 rings (SSSR count). The van der Waals surface area contributed by atoms with Crippen molar-refractivity contribution in [2.24, 2.45) is 11.8 Å². The summed E-state index contributed by atoms with van der Waals surface area (Å²) in [6.45, 7) is 3.87. The van der Waals surface area contributed by atoms with E-state index in [1.165, 1.54) is 12.8 Å². The Bertz CT molecular complexity index is 346. The topological polar surface area (TPSA) is 69.6 Å². The number of likely N-dealkylation sites (tertiary alicyclic amines) is 1. The van der Waals surface area contributed by atoms with Crippen LogP contribution in [0.25, 0.3) is 0 Å². The van der Waals surface area contributed by atoms with E-state index in [0.29, 0.717) is 18.8 Å². The molecule has 2 aliphatic rings. The van der Waals surface area contributed by atoms with Gasteiger partial charge in [0.25, 0.3) is 0 Å². The maximum absolute atomic E-state index is 12.1. The van der Waals surface area contributed by atoms with Gasteiger partial charge < -0.3 is 15.3 Å². The van der Waals surface area contributed by atoms with Crippen LogP contribution in [0.5, 0.6) is 0 Å². The van der Waals surface area contributed by atoms with E-state index in [0.717, 1.165) is 25.9 Å². The Morgan fingerprint density at radius 1 is 1.32 bits per heavy atom. The summed E-state index contributed by atoms with van der Waals surface area (Å²) in [5.41, 5.74) is 0. The minimum Gasteiger partial charge on any atom is -0.481 e. The van der Waals surface area contributed by atoms with Crippen LogP contribution in [0.15, 0.2) is 0 Å². The lowest BCUT2D eigenvalue weighted by atomic mass is 10.0. The zero-order valence-corrected chi connectivity index (χ0v) is 11.6. The van der Waals surface area contributed by atoms with Crippen molar-refractivity contribution in [1.82, 2.24) is 10.2 Å². The van der Waals surface area contributed by atoms with Gasteiger partial charge in [-0.15, -0.1) is 0 Å². The standard InChI is InChI=1S/C14H24N2O3/c1-2-3-10-6-7-16(9-10)14(19)15-12-5-4-11(8-12)13(17)18/h10-12H,2-9H2,1H3,(H,15,19)(H,17,18)/t10?,11-,12+/m1/s1. The molecule has 1 unspecified atom stereocenters. The van der Waals surface area contributed by atoms with Crippen molar-refractivity contribution in [2.45, 2.75) is 51.5 Å². The van der Waals surface area contributed by atoms with Crippen molar-refractivity contribution < 1.29 is 14.7 Å². The van der Waals surface area contributed by atoms with Crippen LogP contribution >= 0.6 is 0 Å². The van der Waals surface area contributed by atoms with Gasteiger partial charge in [0, 0.05) is 19.1 Å². The van der Waals surface area contributed by atoms with Crippen molar-refractivity contribution in [3.8, 4) is 0 Å². The number of carbonyl (C=O) groups is 2. The second kappa shape index (κ2) is 6.26. The average molecular weight is 268 g/mol. The molecule has 108 valence electrons. The lowest BCUT2D eigenvalue weighted by Gasteiger charge is -2.20. The molecule has 5 nitrogen and oxygen atoms in total. The fourth-order valence-corrected chi connectivity index (χ4v) is 3.26. The van der Waals surface area contributed by atoms with E-state index in [4.69, 9.17) is 5.11 Å². The molecule has 0 aromatic heterocycles. The van der Waals surface area contributed by atoms with E-state index >= 15 is 0 Å². The predicted molar refractivity (Wildman–Crippen MR) is 71.9 cm³/mol. The third-order valence-corrected chi connectivity index (χ3v) is 4.38. The molecule has 1 saturated carbocycles. The van der Waals surface area contributed by atoms with Gasteiger partial charge in [-0.25, -0.2) is 4.79 Å². The molecule has 0 spiro atoms. The van der Waals surface area contributed by atoms with Gasteiger partial charge >= 0.3 is 12.0 Å². The van der Waals surface area contributed by atoms with Crippen LogP contribution in [0.2, 0.25) is 0 Å². The van der Waals surface area contributed by atoms with Crippen molar-refractivity contribution >= 4 is 12.0 Å². The summed E-state index contributed by atoms with van der Waals surface area (Å²) in [4.78, 5) is 24.9. The smallest absolute Gasteiger partial charge is 0.317 e. The second-order valence-electron chi connectivity index (χ2n) is 5.88. The van der Waals surface area contributed by atoms with E-state index in [1.807, 2.05) is 4.90 Å². The van der Waals surface area contributed by atoms with E-state index in [1.54, 1.807) is 0 Å². The van der Waals surface area contributed by atoms with E-state index in [-0.39, 0.29) is 18.0 Å². The normalized spacial score (nSPS) is 30.6. The number of carboxylic acids is 1. The summed E-state index contributed by atoms with van der Waals surface area (Å²) in [6, 6.07) is 0.0356. The summed E-state index contributed by atoms with van der Waals surface area (Å²) < 4.78 is 0. The molecule has 1 aliphatic heterocycles. The second-order valence-corrected chi connectivity index (χ2v) is 5.88. The van der Waals surface area contributed by atoms with Crippen LogP contribution in [-0.2, 0) is 4.79 Å². The zero-order valence-electron chi connectivity index (χ0n) is 11.6. The number of rotatable bonds is 4.